The standard InChI is InChI=1S/C7H14N2O2.ClH/c8-7(9-6(10)11)4-2-1-3-5-7;/h9H,1-5,8H2,(H,10,11);1H. The highest BCUT2D eigenvalue weighted by atomic mass is 35.5. The van der Waals surface area contributed by atoms with Gasteiger partial charge in [0.1, 0.15) is 0 Å². The number of rotatable bonds is 1. The molecule has 1 rings (SSSR count). The van der Waals surface area contributed by atoms with Crippen LogP contribution in [-0.4, -0.2) is 16.9 Å². The van der Waals surface area contributed by atoms with Crippen LogP contribution in [0.3, 0.4) is 0 Å². The van der Waals surface area contributed by atoms with E-state index < -0.39 is 11.8 Å². The Morgan fingerprint density at radius 3 is 2.25 bits per heavy atom. The molecule has 0 unspecified atom stereocenters. The molecule has 1 amide bonds. The zero-order valence-electron chi connectivity index (χ0n) is 6.88. The van der Waals surface area contributed by atoms with E-state index in [0.29, 0.717) is 0 Å². The van der Waals surface area contributed by atoms with E-state index in [2.05, 4.69) is 5.32 Å². The molecule has 72 valence electrons. The molecule has 1 aliphatic carbocycles. The maximum atomic E-state index is 10.3. The van der Waals surface area contributed by atoms with Gasteiger partial charge in [-0.3, -0.25) is 0 Å². The summed E-state index contributed by atoms with van der Waals surface area (Å²) in [4.78, 5) is 10.3. The molecule has 0 heterocycles. The first-order valence-corrected chi connectivity index (χ1v) is 3.92. The van der Waals surface area contributed by atoms with Crippen LogP contribution in [0.25, 0.3) is 0 Å². The average Bonchev–Trinajstić information content (AvgIpc) is 1.85. The molecular formula is C7H15ClN2O2. The first-order valence-electron chi connectivity index (χ1n) is 3.92. The first kappa shape index (κ1) is 11.5. The Balaban J connectivity index is 0.00000121. The average molecular weight is 195 g/mol. The lowest BCUT2D eigenvalue weighted by Gasteiger charge is -2.32. The van der Waals surface area contributed by atoms with E-state index in [-0.39, 0.29) is 12.4 Å². The van der Waals surface area contributed by atoms with Crippen molar-refractivity contribution in [3.63, 3.8) is 0 Å². The van der Waals surface area contributed by atoms with E-state index in [1.54, 1.807) is 0 Å². The van der Waals surface area contributed by atoms with E-state index >= 15 is 0 Å². The van der Waals surface area contributed by atoms with Crippen LogP contribution in [-0.2, 0) is 0 Å². The number of nitrogens with one attached hydrogen (secondary N) is 1. The van der Waals surface area contributed by atoms with Crippen molar-refractivity contribution >= 4 is 18.5 Å². The van der Waals surface area contributed by atoms with E-state index in [9.17, 15) is 4.79 Å². The lowest BCUT2D eigenvalue weighted by molar-refractivity contribution is 0.164. The molecule has 1 aliphatic rings. The third-order valence-corrected chi connectivity index (χ3v) is 2.10. The van der Waals surface area contributed by atoms with Crippen LogP contribution < -0.4 is 11.1 Å². The Morgan fingerprint density at radius 1 is 1.33 bits per heavy atom. The summed E-state index contributed by atoms with van der Waals surface area (Å²) in [6, 6.07) is 0. The molecule has 4 nitrogen and oxygen atoms in total. The summed E-state index contributed by atoms with van der Waals surface area (Å²) in [6.07, 6.45) is 3.72. The van der Waals surface area contributed by atoms with Crippen molar-refractivity contribution in [1.82, 2.24) is 5.32 Å². The minimum Gasteiger partial charge on any atom is -0.465 e. The van der Waals surface area contributed by atoms with Crippen LogP contribution in [0.15, 0.2) is 0 Å². The predicted molar refractivity (Wildman–Crippen MR) is 48.4 cm³/mol. The van der Waals surface area contributed by atoms with Crippen LogP contribution in [0.4, 0.5) is 4.79 Å². The van der Waals surface area contributed by atoms with Gasteiger partial charge in [-0.05, 0) is 25.7 Å². The van der Waals surface area contributed by atoms with Gasteiger partial charge in [0.15, 0.2) is 0 Å². The van der Waals surface area contributed by atoms with E-state index in [0.717, 1.165) is 25.7 Å². The Labute approximate surface area is 77.9 Å². The second-order valence-electron chi connectivity index (χ2n) is 3.15. The van der Waals surface area contributed by atoms with Crippen LogP contribution in [0.1, 0.15) is 32.1 Å². The maximum absolute atomic E-state index is 10.3. The molecular weight excluding hydrogens is 180 g/mol. The molecule has 0 radical (unpaired) electrons. The lowest BCUT2D eigenvalue weighted by atomic mass is 9.90. The Kier molecular flexibility index (Phi) is 4.34. The van der Waals surface area contributed by atoms with Gasteiger partial charge in [-0.2, -0.15) is 0 Å². The quantitative estimate of drug-likeness (QED) is 0.551. The van der Waals surface area contributed by atoms with Crippen molar-refractivity contribution in [2.75, 3.05) is 0 Å². The fourth-order valence-electron chi connectivity index (χ4n) is 1.52. The van der Waals surface area contributed by atoms with Gasteiger partial charge in [-0.1, -0.05) is 6.42 Å². The molecule has 0 aromatic carbocycles. The van der Waals surface area contributed by atoms with E-state index in [1.807, 2.05) is 0 Å². The van der Waals surface area contributed by atoms with Gasteiger partial charge >= 0.3 is 6.09 Å². The van der Waals surface area contributed by atoms with Gasteiger partial charge in [0.25, 0.3) is 0 Å². The third-order valence-electron chi connectivity index (χ3n) is 2.10. The normalized spacial score (nSPS) is 20.8. The van der Waals surface area contributed by atoms with Gasteiger partial charge in [0, 0.05) is 0 Å². The SMILES string of the molecule is Cl.NC1(NC(=O)O)CCCCC1. The molecule has 0 spiro atoms. The second kappa shape index (κ2) is 4.52. The van der Waals surface area contributed by atoms with Crippen LogP contribution >= 0.6 is 12.4 Å². The Bertz CT molecular complexity index is 157. The third kappa shape index (κ3) is 3.28. The van der Waals surface area contributed by atoms with Gasteiger partial charge in [-0.25, -0.2) is 4.79 Å². The summed E-state index contributed by atoms with van der Waals surface area (Å²) in [5.74, 6) is 0. The summed E-state index contributed by atoms with van der Waals surface area (Å²) >= 11 is 0. The van der Waals surface area contributed by atoms with Crippen molar-refractivity contribution in [2.24, 2.45) is 5.73 Å². The minimum atomic E-state index is -1.02. The second-order valence-corrected chi connectivity index (χ2v) is 3.15. The predicted octanol–water partition coefficient (Wildman–Crippen LogP) is 1.29. The molecule has 5 heteroatoms. The molecule has 4 N–H and O–H groups in total. The summed E-state index contributed by atoms with van der Waals surface area (Å²) < 4.78 is 0. The topological polar surface area (TPSA) is 75.3 Å². The number of nitrogens with two attached hydrogens (primary N) is 1. The molecule has 12 heavy (non-hydrogen) atoms. The summed E-state index contributed by atoms with van der Waals surface area (Å²) in [7, 11) is 0. The maximum Gasteiger partial charge on any atom is 0.406 e. The van der Waals surface area contributed by atoms with Gasteiger partial charge in [0.05, 0.1) is 5.66 Å². The molecule has 0 aliphatic heterocycles. The zero-order valence-corrected chi connectivity index (χ0v) is 7.69. The molecule has 1 fully saturated rings. The summed E-state index contributed by atoms with van der Waals surface area (Å²) in [5, 5.41) is 10.8. The van der Waals surface area contributed by atoms with E-state index in [4.69, 9.17) is 10.8 Å². The van der Waals surface area contributed by atoms with Crippen LogP contribution in [0, 0.1) is 0 Å². The minimum absolute atomic E-state index is 0. The highest BCUT2D eigenvalue weighted by Crippen LogP contribution is 2.23. The van der Waals surface area contributed by atoms with Gasteiger partial charge < -0.3 is 16.2 Å². The molecule has 0 bridgehead atoms. The van der Waals surface area contributed by atoms with Crippen molar-refractivity contribution in [3.8, 4) is 0 Å². The Morgan fingerprint density at radius 2 is 1.83 bits per heavy atom. The first-order chi connectivity index (χ1) is 5.12. The van der Waals surface area contributed by atoms with Crippen molar-refractivity contribution < 1.29 is 9.90 Å². The lowest BCUT2D eigenvalue weighted by Crippen LogP contribution is -2.56. The number of carbonyl (C=O) groups is 1. The fourth-order valence-corrected chi connectivity index (χ4v) is 1.52. The van der Waals surface area contributed by atoms with Crippen molar-refractivity contribution in [3.05, 3.63) is 0 Å². The molecule has 0 aromatic heterocycles. The fraction of sp³-hybridized carbons (Fsp3) is 0.857. The molecule has 0 saturated heterocycles. The highest BCUT2D eigenvalue weighted by Gasteiger charge is 2.28. The van der Waals surface area contributed by atoms with Crippen LogP contribution in [0.2, 0.25) is 0 Å². The zero-order chi connectivity index (χ0) is 8.32. The van der Waals surface area contributed by atoms with E-state index in [1.165, 1.54) is 6.42 Å². The monoisotopic (exact) mass is 194 g/mol. The smallest absolute Gasteiger partial charge is 0.406 e. The van der Waals surface area contributed by atoms with Crippen molar-refractivity contribution in [1.29, 1.82) is 0 Å². The highest BCUT2D eigenvalue weighted by molar-refractivity contribution is 5.85. The molecule has 1 saturated carbocycles. The summed E-state index contributed by atoms with van der Waals surface area (Å²) in [5.41, 5.74) is 5.12. The van der Waals surface area contributed by atoms with Crippen LogP contribution in [0.5, 0.6) is 0 Å². The van der Waals surface area contributed by atoms with Crippen molar-refractivity contribution in [2.45, 2.75) is 37.8 Å². The number of hydrogen-bond donors (Lipinski definition) is 3. The largest absolute Gasteiger partial charge is 0.465 e. The number of amides is 1. The number of hydrogen-bond acceptors (Lipinski definition) is 2. The molecule has 0 aromatic rings. The molecule has 0 atom stereocenters. The van der Waals surface area contributed by atoms with Gasteiger partial charge in [-0.15, -0.1) is 12.4 Å². The number of halogens is 1. The Hall–Kier alpha value is -0.480. The summed E-state index contributed by atoms with van der Waals surface area (Å²) in [6.45, 7) is 0. The van der Waals surface area contributed by atoms with Gasteiger partial charge in [0.2, 0.25) is 0 Å². The number of carboxylic acid groups (broad SMARTS) is 1.